The first-order valence-electron chi connectivity index (χ1n) is 2.95. The van der Waals surface area contributed by atoms with Gasteiger partial charge in [0.1, 0.15) is 0 Å². The second kappa shape index (κ2) is 2.77. The molecule has 2 nitrogen and oxygen atoms in total. The van der Waals surface area contributed by atoms with Crippen LogP contribution in [0.1, 0.15) is 20.1 Å². The number of terminal acetylenes is 1. The number of hydrogen-bond donors (Lipinski definition) is 1. The lowest BCUT2D eigenvalue weighted by molar-refractivity contribution is 0.0697. The largest absolute Gasteiger partial charge is 0.478 e. The van der Waals surface area contributed by atoms with Crippen LogP contribution in [0.2, 0.25) is 0 Å². The Balaban J connectivity index is 3.20. The van der Waals surface area contributed by atoms with E-state index in [0.717, 1.165) is 4.88 Å². The van der Waals surface area contributed by atoms with Crippen molar-refractivity contribution in [2.45, 2.75) is 6.92 Å². The van der Waals surface area contributed by atoms with E-state index in [1.165, 1.54) is 17.4 Å². The van der Waals surface area contributed by atoms with Crippen LogP contribution in [0.4, 0.5) is 0 Å². The molecule has 1 aromatic rings. The first-order valence-corrected chi connectivity index (χ1v) is 3.77. The second-order valence-electron chi connectivity index (χ2n) is 2.03. The highest BCUT2D eigenvalue weighted by molar-refractivity contribution is 7.12. The van der Waals surface area contributed by atoms with Crippen LogP contribution in [-0.2, 0) is 0 Å². The third kappa shape index (κ3) is 1.41. The van der Waals surface area contributed by atoms with Crippen molar-refractivity contribution < 1.29 is 9.90 Å². The molecule has 1 heterocycles. The minimum atomic E-state index is -0.916. The van der Waals surface area contributed by atoms with Crippen molar-refractivity contribution in [1.82, 2.24) is 0 Å². The summed E-state index contributed by atoms with van der Waals surface area (Å²) < 4.78 is 0. The molecule has 0 bridgehead atoms. The van der Waals surface area contributed by atoms with Crippen LogP contribution in [0, 0.1) is 19.3 Å². The van der Waals surface area contributed by atoms with Gasteiger partial charge in [-0.3, -0.25) is 0 Å². The molecule has 0 aliphatic rings. The Labute approximate surface area is 68.5 Å². The molecule has 0 fully saturated rings. The zero-order valence-corrected chi connectivity index (χ0v) is 6.73. The maximum Gasteiger partial charge on any atom is 0.336 e. The molecular weight excluding hydrogens is 160 g/mol. The second-order valence-corrected chi connectivity index (χ2v) is 3.29. The lowest BCUT2D eigenvalue weighted by Crippen LogP contribution is -1.94. The zero-order chi connectivity index (χ0) is 8.43. The van der Waals surface area contributed by atoms with Crippen molar-refractivity contribution in [2.24, 2.45) is 0 Å². The number of aryl methyl sites for hydroxylation is 1. The van der Waals surface area contributed by atoms with Crippen LogP contribution < -0.4 is 0 Å². The van der Waals surface area contributed by atoms with Gasteiger partial charge >= 0.3 is 5.97 Å². The molecule has 0 amide bonds. The number of hydrogen-bond acceptors (Lipinski definition) is 2. The summed E-state index contributed by atoms with van der Waals surface area (Å²) in [5.74, 6) is 1.48. The van der Waals surface area contributed by atoms with E-state index in [-0.39, 0.29) is 0 Å². The van der Waals surface area contributed by atoms with E-state index < -0.39 is 5.97 Å². The van der Waals surface area contributed by atoms with E-state index in [9.17, 15) is 4.79 Å². The number of rotatable bonds is 1. The molecule has 0 aliphatic carbocycles. The van der Waals surface area contributed by atoms with Gasteiger partial charge in [-0.1, -0.05) is 5.92 Å². The Morgan fingerprint density at radius 1 is 1.82 bits per heavy atom. The molecule has 1 aromatic heterocycles. The van der Waals surface area contributed by atoms with E-state index in [0.29, 0.717) is 10.4 Å². The molecule has 0 unspecified atom stereocenters. The summed E-state index contributed by atoms with van der Waals surface area (Å²) in [5, 5.41) is 8.61. The monoisotopic (exact) mass is 166 g/mol. The Bertz CT molecular complexity index is 330. The molecule has 0 aromatic carbocycles. The van der Waals surface area contributed by atoms with E-state index in [1.54, 1.807) is 6.92 Å². The van der Waals surface area contributed by atoms with Crippen molar-refractivity contribution in [1.29, 1.82) is 0 Å². The summed E-state index contributed by atoms with van der Waals surface area (Å²) in [7, 11) is 0. The highest BCUT2D eigenvalue weighted by Gasteiger charge is 2.09. The van der Waals surface area contributed by atoms with Crippen LogP contribution in [-0.4, -0.2) is 11.1 Å². The SMILES string of the molecule is C#Cc1cc(C(=O)O)c(C)s1. The minimum absolute atomic E-state index is 0.308. The van der Waals surface area contributed by atoms with Crippen LogP contribution in [0.3, 0.4) is 0 Å². The van der Waals surface area contributed by atoms with E-state index in [4.69, 9.17) is 11.5 Å². The highest BCUT2D eigenvalue weighted by Crippen LogP contribution is 2.20. The molecule has 0 saturated carbocycles. The molecule has 1 rings (SSSR count). The highest BCUT2D eigenvalue weighted by atomic mass is 32.1. The predicted octanol–water partition coefficient (Wildman–Crippen LogP) is 1.74. The van der Waals surface area contributed by atoms with E-state index in [2.05, 4.69) is 5.92 Å². The van der Waals surface area contributed by atoms with Gasteiger partial charge in [0.15, 0.2) is 0 Å². The molecule has 0 radical (unpaired) electrons. The van der Waals surface area contributed by atoms with Gasteiger partial charge in [-0.2, -0.15) is 0 Å². The quantitative estimate of drug-likeness (QED) is 0.645. The number of carboxylic acids is 1. The first kappa shape index (κ1) is 7.83. The molecule has 0 atom stereocenters. The molecule has 56 valence electrons. The maximum absolute atomic E-state index is 10.5. The van der Waals surface area contributed by atoms with Crippen molar-refractivity contribution in [2.75, 3.05) is 0 Å². The molecule has 3 heteroatoms. The lowest BCUT2D eigenvalue weighted by atomic mass is 10.2. The lowest BCUT2D eigenvalue weighted by Gasteiger charge is -1.86. The van der Waals surface area contributed by atoms with Crippen molar-refractivity contribution >= 4 is 17.3 Å². The van der Waals surface area contributed by atoms with Crippen LogP contribution in [0.25, 0.3) is 0 Å². The van der Waals surface area contributed by atoms with Gasteiger partial charge in [-0.15, -0.1) is 17.8 Å². The van der Waals surface area contributed by atoms with Gasteiger partial charge < -0.3 is 5.11 Å². The minimum Gasteiger partial charge on any atom is -0.478 e. The molecule has 0 saturated heterocycles. The van der Waals surface area contributed by atoms with Crippen molar-refractivity contribution in [3.05, 3.63) is 21.4 Å². The average Bonchev–Trinajstić information content (AvgIpc) is 2.30. The molecule has 0 spiro atoms. The van der Waals surface area contributed by atoms with Gasteiger partial charge in [0.05, 0.1) is 10.4 Å². The molecule has 11 heavy (non-hydrogen) atoms. The standard InChI is InChI=1S/C8H6O2S/c1-3-6-4-7(8(9)10)5(2)11-6/h1,4H,2H3,(H,9,10). The summed E-state index contributed by atoms with van der Waals surface area (Å²) in [6.07, 6.45) is 5.10. The molecule has 1 N–H and O–H groups in total. The van der Waals surface area contributed by atoms with E-state index in [1.807, 2.05) is 0 Å². The summed E-state index contributed by atoms with van der Waals surface area (Å²) in [5.41, 5.74) is 0.308. The molecular formula is C8H6O2S. The Morgan fingerprint density at radius 2 is 2.45 bits per heavy atom. The fourth-order valence-corrected chi connectivity index (χ4v) is 1.59. The summed E-state index contributed by atoms with van der Waals surface area (Å²) in [6.45, 7) is 1.74. The average molecular weight is 166 g/mol. The number of carboxylic acid groups (broad SMARTS) is 1. The number of thiophene rings is 1. The van der Waals surface area contributed by atoms with Crippen LogP contribution >= 0.6 is 11.3 Å². The Kier molecular flexibility index (Phi) is 1.97. The normalized spacial score (nSPS) is 9.09. The molecule has 0 aliphatic heterocycles. The van der Waals surface area contributed by atoms with Crippen molar-refractivity contribution in [3.8, 4) is 12.3 Å². The first-order chi connectivity index (χ1) is 5.15. The number of carbonyl (C=O) groups is 1. The third-order valence-electron chi connectivity index (χ3n) is 1.29. The smallest absolute Gasteiger partial charge is 0.336 e. The Morgan fingerprint density at radius 3 is 2.73 bits per heavy atom. The van der Waals surface area contributed by atoms with E-state index >= 15 is 0 Å². The topological polar surface area (TPSA) is 37.3 Å². The van der Waals surface area contributed by atoms with Gasteiger partial charge in [0, 0.05) is 4.88 Å². The maximum atomic E-state index is 10.5. The van der Waals surface area contributed by atoms with Gasteiger partial charge in [0.25, 0.3) is 0 Å². The Hall–Kier alpha value is -1.27. The van der Waals surface area contributed by atoms with Crippen LogP contribution in [0.5, 0.6) is 0 Å². The van der Waals surface area contributed by atoms with Gasteiger partial charge in [-0.25, -0.2) is 4.79 Å². The fourth-order valence-electron chi connectivity index (χ4n) is 0.766. The van der Waals surface area contributed by atoms with Crippen molar-refractivity contribution in [3.63, 3.8) is 0 Å². The summed E-state index contributed by atoms with van der Waals surface area (Å²) in [4.78, 5) is 11.9. The van der Waals surface area contributed by atoms with Gasteiger partial charge in [-0.05, 0) is 13.0 Å². The third-order valence-corrected chi connectivity index (χ3v) is 2.27. The number of aromatic carboxylic acids is 1. The predicted molar refractivity (Wildman–Crippen MR) is 44.0 cm³/mol. The summed E-state index contributed by atoms with van der Waals surface area (Å²) in [6, 6.07) is 1.52. The zero-order valence-electron chi connectivity index (χ0n) is 5.92. The summed E-state index contributed by atoms with van der Waals surface area (Å²) >= 11 is 1.33. The van der Waals surface area contributed by atoms with Crippen LogP contribution in [0.15, 0.2) is 6.07 Å². The van der Waals surface area contributed by atoms with Gasteiger partial charge in [0.2, 0.25) is 0 Å². The fraction of sp³-hybridized carbons (Fsp3) is 0.125.